The van der Waals surface area contributed by atoms with Gasteiger partial charge in [0.05, 0.1) is 6.42 Å². The lowest BCUT2D eigenvalue weighted by Crippen LogP contribution is -2.50. The van der Waals surface area contributed by atoms with Crippen molar-refractivity contribution < 1.29 is 27.9 Å². The minimum absolute atomic E-state index is 0.190. The highest BCUT2D eigenvalue weighted by Gasteiger charge is 2.58. The summed E-state index contributed by atoms with van der Waals surface area (Å²) in [6.07, 6.45) is -2.65. The molecule has 0 aliphatic rings. The van der Waals surface area contributed by atoms with E-state index in [4.69, 9.17) is 0 Å². The van der Waals surface area contributed by atoms with E-state index in [2.05, 4.69) is 4.98 Å². The van der Waals surface area contributed by atoms with E-state index in [1.54, 1.807) is 19.3 Å². The van der Waals surface area contributed by atoms with Crippen molar-refractivity contribution in [3.63, 3.8) is 0 Å². The second-order valence-electron chi connectivity index (χ2n) is 5.40. The third-order valence-corrected chi connectivity index (χ3v) is 3.57. The van der Waals surface area contributed by atoms with Crippen molar-refractivity contribution in [3.8, 4) is 0 Å². The van der Waals surface area contributed by atoms with E-state index in [0.717, 1.165) is 10.8 Å². The Morgan fingerprint density at radius 1 is 1.20 bits per heavy atom. The first kappa shape index (κ1) is 18.5. The van der Waals surface area contributed by atoms with E-state index in [0.29, 0.717) is 0 Å². The topological polar surface area (TPSA) is 101 Å². The van der Waals surface area contributed by atoms with E-state index in [9.17, 15) is 27.9 Å². The zero-order chi connectivity index (χ0) is 18.8. The lowest BCUT2D eigenvalue weighted by atomic mass is 9.97. The summed E-state index contributed by atoms with van der Waals surface area (Å²) < 4.78 is 42.3. The molecule has 2 aromatic heterocycles. The molecule has 0 bridgehead atoms. The van der Waals surface area contributed by atoms with Crippen LogP contribution in [0.15, 0.2) is 30.7 Å². The van der Waals surface area contributed by atoms with Crippen molar-refractivity contribution >= 4 is 11.8 Å². The number of hydrogen-bond donors (Lipinski definition) is 3. The van der Waals surface area contributed by atoms with Gasteiger partial charge in [0.1, 0.15) is 5.69 Å². The van der Waals surface area contributed by atoms with Crippen LogP contribution >= 0.6 is 0 Å². The number of nitrogens with one attached hydrogen (secondary N) is 2. The number of nitrogens with zero attached hydrogens (tertiary/aromatic N) is 3. The maximum atomic E-state index is 13.3. The first-order valence-corrected chi connectivity index (χ1v) is 7.03. The summed E-state index contributed by atoms with van der Waals surface area (Å²) in [6, 6.07) is 3.04. The van der Waals surface area contributed by atoms with Gasteiger partial charge < -0.3 is 14.2 Å². The van der Waals surface area contributed by atoms with Crippen LogP contribution in [-0.4, -0.2) is 37.2 Å². The summed E-state index contributed by atoms with van der Waals surface area (Å²) in [5, 5.41) is 10.1. The van der Waals surface area contributed by atoms with Gasteiger partial charge in [0.15, 0.2) is 5.82 Å². The maximum absolute atomic E-state index is 13.3. The van der Waals surface area contributed by atoms with Crippen molar-refractivity contribution in [1.82, 2.24) is 25.0 Å². The van der Waals surface area contributed by atoms with Gasteiger partial charge in [-0.25, -0.2) is 4.98 Å². The fourth-order valence-electron chi connectivity index (χ4n) is 2.23. The van der Waals surface area contributed by atoms with Crippen molar-refractivity contribution in [3.05, 3.63) is 42.2 Å². The highest BCUT2D eigenvalue weighted by molar-refractivity contribution is 5.94. The normalized spacial score (nSPS) is 14.0. The van der Waals surface area contributed by atoms with E-state index in [-0.39, 0.29) is 5.69 Å². The standard InChI is InChI=1S/C14H16F3N5O3/c1-21-6-3-4-9(21)11(24)20-19-10(23)8-13(25,14(15,16)17)12-18-5-7-22(12)2/h3-7,25H,8H2,1-2H3,(H,19,23)(H,20,24). The average molecular weight is 359 g/mol. The molecule has 11 heteroatoms. The molecule has 0 saturated carbocycles. The number of amides is 2. The molecule has 0 radical (unpaired) electrons. The van der Waals surface area contributed by atoms with Crippen LogP contribution < -0.4 is 10.9 Å². The fraction of sp³-hybridized carbons (Fsp3) is 0.357. The number of aryl methyl sites for hydroxylation is 2. The van der Waals surface area contributed by atoms with E-state index < -0.39 is 35.8 Å². The highest BCUT2D eigenvalue weighted by Crippen LogP contribution is 2.40. The molecule has 136 valence electrons. The fourth-order valence-corrected chi connectivity index (χ4v) is 2.23. The van der Waals surface area contributed by atoms with Gasteiger partial charge in [-0.1, -0.05) is 0 Å². The van der Waals surface area contributed by atoms with Crippen molar-refractivity contribution in [2.45, 2.75) is 18.2 Å². The first-order chi connectivity index (χ1) is 11.6. The summed E-state index contributed by atoms with van der Waals surface area (Å²) in [5.41, 5.74) is 0.548. The number of carbonyl (C=O) groups is 2. The Hall–Kier alpha value is -2.82. The van der Waals surface area contributed by atoms with E-state index in [1.165, 1.54) is 23.9 Å². The zero-order valence-electron chi connectivity index (χ0n) is 13.3. The molecule has 0 aliphatic heterocycles. The smallest absolute Gasteiger partial charge is 0.374 e. The van der Waals surface area contributed by atoms with Crippen LogP contribution in [0, 0.1) is 0 Å². The molecule has 0 spiro atoms. The summed E-state index contributed by atoms with van der Waals surface area (Å²) in [5.74, 6) is -2.68. The number of halogens is 3. The molecular formula is C14H16F3N5O3. The van der Waals surface area contributed by atoms with E-state index >= 15 is 0 Å². The molecule has 0 aromatic carbocycles. The average Bonchev–Trinajstić information content (AvgIpc) is 3.12. The molecule has 0 saturated heterocycles. The number of hydrazine groups is 1. The number of rotatable bonds is 4. The van der Waals surface area contributed by atoms with Crippen LogP contribution in [0.1, 0.15) is 22.7 Å². The Morgan fingerprint density at radius 3 is 2.36 bits per heavy atom. The molecule has 2 rings (SSSR count). The van der Waals surface area contributed by atoms with Crippen LogP contribution in [-0.2, 0) is 24.5 Å². The SMILES string of the molecule is Cn1cccc1C(=O)NNC(=O)CC(O)(c1nccn1C)C(F)(F)F. The molecule has 2 aromatic rings. The van der Waals surface area contributed by atoms with Gasteiger partial charge in [0.25, 0.3) is 5.91 Å². The number of hydrogen-bond acceptors (Lipinski definition) is 4. The summed E-state index contributed by atoms with van der Waals surface area (Å²) in [4.78, 5) is 27.1. The molecule has 2 heterocycles. The van der Waals surface area contributed by atoms with Crippen molar-refractivity contribution in [2.75, 3.05) is 0 Å². The Labute approximate surface area is 140 Å². The zero-order valence-corrected chi connectivity index (χ0v) is 13.3. The summed E-state index contributed by atoms with van der Waals surface area (Å²) in [6.45, 7) is 0. The Kier molecular flexibility index (Phi) is 4.88. The largest absolute Gasteiger partial charge is 0.425 e. The number of imidazole rings is 1. The third-order valence-electron chi connectivity index (χ3n) is 3.57. The molecule has 1 unspecified atom stereocenters. The van der Waals surface area contributed by atoms with Gasteiger partial charge in [-0.15, -0.1) is 0 Å². The number of aliphatic hydroxyl groups is 1. The van der Waals surface area contributed by atoms with Gasteiger partial charge in [-0.2, -0.15) is 13.2 Å². The van der Waals surface area contributed by atoms with Crippen LogP contribution in [0.2, 0.25) is 0 Å². The van der Waals surface area contributed by atoms with Crippen LogP contribution in [0.25, 0.3) is 0 Å². The lowest BCUT2D eigenvalue weighted by molar-refractivity contribution is -0.271. The predicted octanol–water partition coefficient (Wildman–Crippen LogP) is 0.360. The Balaban J connectivity index is 2.10. The van der Waals surface area contributed by atoms with Crippen LogP contribution in [0.5, 0.6) is 0 Å². The van der Waals surface area contributed by atoms with E-state index in [1.807, 2.05) is 10.9 Å². The molecule has 1 atom stereocenters. The Morgan fingerprint density at radius 2 is 1.88 bits per heavy atom. The molecular weight excluding hydrogens is 343 g/mol. The Bertz CT molecular complexity index is 783. The second-order valence-corrected chi connectivity index (χ2v) is 5.40. The molecule has 0 aliphatic carbocycles. The van der Waals surface area contributed by atoms with Gasteiger partial charge >= 0.3 is 6.18 Å². The molecule has 8 nitrogen and oxygen atoms in total. The van der Waals surface area contributed by atoms with Gasteiger partial charge in [-0.3, -0.25) is 20.4 Å². The van der Waals surface area contributed by atoms with Crippen LogP contribution in [0.3, 0.4) is 0 Å². The predicted molar refractivity (Wildman–Crippen MR) is 78.8 cm³/mol. The number of carbonyl (C=O) groups excluding carboxylic acids is 2. The molecule has 25 heavy (non-hydrogen) atoms. The monoisotopic (exact) mass is 359 g/mol. The third kappa shape index (κ3) is 3.65. The second kappa shape index (κ2) is 6.59. The quantitative estimate of drug-likeness (QED) is 0.686. The van der Waals surface area contributed by atoms with Gasteiger partial charge in [-0.05, 0) is 12.1 Å². The minimum atomic E-state index is -5.15. The first-order valence-electron chi connectivity index (χ1n) is 7.03. The van der Waals surface area contributed by atoms with Crippen molar-refractivity contribution in [1.29, 1.82) is 0 Å². The maximum Gasteiger partial charge on any atom is 0.425 e. The number of aromatic nitrogens is 3. The molecule has 2 amide bonds. The lowest BCUT2D eigenvalue weighted by Gasteiger charge is -2.29. The minimum Gasteiger partial charge on any atom is -0.374 e. The van der Waals surface area contributed by atoms with Crippen molar-refractivity contribution in [2.24, 2.45) is 14.1 Å². The number of alkyl halides is 3. The molecule has 3 N–H and O–H groups in total. The highest BCUT2D eigenvalue weighted by atomic mass is 19.4. The summed E-state index contributed by atoms with van der Waals surface area (Å²) >= 11 is 0. The molecule has 0 fully saturated rings. The van der Waals surface area contributed by atoms with Gasteiger partial charge in [0, 0.05) is 32.7 Å². The summed E-state index contributed by atoms with van der Waals surface area (Å²) in [7, 11) is 2.84. The van der Waals surface area contributed by atoms with Crippen LogP contribution in [0.4, 0.5) is 13.2 Å². The van der Waals surface area contributed by atoms with Gasteiger partial charge in [0.2, 0.25) is 11.5 Å².